The number of thiophene rings is 4. The van der Waals surface area contributed by atoms with Crippen molar-refractivity contribution < 1.29 is 215 Å². The summed E-state index contributed by atoms with van der Waals surface area (Å²) in [6.45, 7) is 15.9. The molecule has 0 bridgehead atoms. The second kappa shape index (κ2) is 56.0. The zero-order chi connectivity index (χ0) is 97.1. The minimum atomic E-state index is -1.04. The Bertz CT molecular complexity index is 6860. The van der Waals surface area contributed by atoms with E-state index in [-0.39, 0.29) is 166 Å². The smallest absolute Gasteiger partial charge is 1.00 e. The summed E-state index contributed by atoms with van der Waals surface area (Å²) in [5, 5.41) is 59.7. The Labute approximate surface area is 927 Å². The van der Waals surface area contributed by atoms with Gasteiger partial charge in [0.15, 0.2) is 19.8 Å². The van der Waals surface area contributed by atoms with Gasteiger partial charge in [0.05, 0.1) is 155 Å². The number of rotatable bonds is 29. The number of carboxylic acids is 1. The molecule has 14 heterocycles. The van der Waals surface area contributed by atoms with Crippen molar-refractivity contribution in [3.8, 4) is 90.5 Å². The van der Waals surface area contributed by atoms with Crippen LogP contribution in [0.5, 0.6) is 46.0 Å². The summed E-state index contributed by atoms with van der Waals surface area (Å²) in [7, 11) is 13.8. The van der Waals surface area contributed by atoms with Gasteiger partial charge in [-0.2, -0.15) is 20.4 Å². The average Bonchev–Trinajstić information content (AvgIpc) is 1.59. The van der Waals surface area contributed by atoms with Crippen molar-refractivity contribution in [2.24, 2.45) is 28.2 Å². The van der Waals surface area contributed by atoms with E-state index in [1.807, 2.05) is 129 Å². The van der Waals surface area contributed by atoms with Crippen LogP contribution >= 0.6 is 61.3 Å². The van der Waals surface area contributed by atoms with E-state index < -0.39 is 18.5 Å². The largest absolute Gasteiger partial charge is 1.00 e. The summed E-state index contributed by atoms with van der Waals surface area (Å²) in [6.07, 6.45) is 24.0. The zero-order valence-electron chi connectivity index (χ0n) is 80.9. The van der Waals surface area contributed by atoms with E-state index in [1.165, 1.54) is 19.5 Å². The molecule has 8 N–H and O–H groups in total. The fourth-order valence-electron chi connectivity index (χ4n) is 13.5. The van der Waals surface area contributed by atoms with Crippen LogP contribution in [0, 0.1) is 27.7 Å². The monoisotopic (exact) mass is 2100 g/mol. The molecule has 2 aliphatic rings. The van der Waals surface area contributed by atoms with Gasteiger partial charge in [0.1, 0.15) is 51.3 Å². The fourth-order valence-corrected chi connectivity index (χ4v) is 17.6. The quantitative estimate of drug-likeness (QED) is 0.00744. The number of amides is 1. The summed E-state index contributed by atoms with van der Waals surface area (Å²) in [5.74, 6) is 4.45. The number of aromatic nitrogens is 16. The maximum Gasteiger partial charge on any atom is 1.00 e. The fraction of sp³-hybridized carbons (Fsp3) is 0.286. The minimum absolute atomic E-state index is 0. The van der Waals surface area contributed by atoms with Crippen LogP contribution < -0.4 is 187 Å². The Hall–Kier alpha value is -10.9. The van der Waals surface area contributed by atoms with Crippen LogP contribution in [0.3, 0.4) is 0 Å². The van der Waals surface area contributed by atoms with E-state index in [2.05, 4.69) is 99.4 Å². The van der Waals surface area contributed by atoms with Crippen molar-refractivity contribution in [1.82, 2.24) is 89.2 Å². The molecule has 0 atom stereocenters. The predicted molar refractivity (Wildman–Crippen MR) is 524 cm³/mol. The van der Waals surface area contributed by atoms with E-state index >= 15 is 0 Å². The van der Waals surface area contributed by atoms with E-state index in [9.17, 15) is 24.3 Å². The molecule has 0 saturated carbocycles. The molecule has 0 radical (unpaired) electrons. The SMILES string of the molecule is C1CNC1.CCOC(=O)CBr.CCOC(=O)COc1ccc(-c2c(C)sc3cnc(Nc4cnn(C)c4)nc23)c(OC)c1.COc1cc(O)ccc1-c1c(C)sc2cnc(Nc3cnn(C)c3)nc12.COc1cc(OCC(=O)N2CCC2)ccc1-c1c(C)sc2cnc(Nc3cnn(C)c3)nc12.COc1cc(OCC(=O)O)ccc1-c1c(C)sc2cnc(Nc3cnn(C)c3)nc12.O=CO[O-].[H-].[K+].[K+].[Li+].[OH-]. The molecular weight excluding hydrogens is 2000 g/mol. The summed E-state index contributed by atoms with van der Waals surface area (Å²) in [5.41, 5.74) is 14.0. The Kier molecular flexibility index (Phi) is 45.8. The molecular formula is C91H100BrK2LiN22O19S4. The topological polar surface area (TPSA) is 509 Å². The molecule has 12 aromatic heterocycles. The van der Waals surface area contributed by atoms with Gasteiger partial charge in [-0.25, -0.2) is 49.5 Å². The van der Waals surface area contributed by atoms with Crippen LogP contribution in [0.15, 0.2) is 147 Å². The second-order valence-electron chi connectivity index (χ2n) is 29.4. The number of fused-ring (bicyclic) bond motifs is 4. The van der Waals surface area contributed by atoms with Gasteiger partial charge in [0, 0.05) is 154 Å². The van der Waals surface area contributed by atoms with Crippen molar-refractivity contribution in [2.45, 2.75) is 54.4 Å². The maximum absolute atomic E-state index is 12.1. The molecule has 722 valence electrons. The molecule has 18 rings (SSSR count). The Morgan fingerprint density at radius 1 is 0.479 bits per heavy atom. The summed E-state index contributed by atoms with van der Waals surface area (Å²) in [4.78, 5) is 98.6. The average molecular weight is 2100 g/mol. The first-order valence-electron chi connectivity index (χ1n) is 41.9. The molecule has 0 aliphatic carbocycles. The number of nitrogens with zero attached hydrogens (tertiary/aromatic N) is 17. The number of esters is 2. The molecule has 140 heavy (non-hydrogen) atoms. The number of hydrogen-bond acceptors (Lipinski definition) is 39. The first-order valence-corrected chi connectivity index (χ1v) is 46.3. The number of benzene rings is 4. The normalized spacial score (nSPS) is 11.2. The Balaban J connectivity index is 0.000000241. The van der Waals surface area contributed by atoms with Gasteiger partial charge in [-0.1, -0.05) is 15.9 Å². The predicted octanol–water partition coefficient (Wildman–Crippen LogP) is 5.64. The number of hydrogen-bond donors (Lipinski definition) is 7. The van der Waals surface area contributed by atoms with Gasteiger partial charge < -0.3 is 101 Å². The van der Waals surface area contributed by atoms with Gasteiger partial charge in [-0.05, 0) is 116 Å². The van der Waals surface area contributed by atoms with Crippen molar-refractivity contribution >= 4 is 179 Å². The Morgan fingerprint density at radius 2 is 0.771 bits per heavy atom. The van der Waals surface area contributed by atoms with Crippen molar-refractivity contribution in [1.29, 1.82) is 0 Å². The number of methoxy groups -OCH3 is 4. The summed E-state index contributed by atoms with van der Waals surface area (Å²) in [6, 6.07) is 21.4. The summed E-state index contributed by atoms with van der Waals surface area (Å²) >= 11 is 9.42. The number of carbonyl (C=O) groups excluding carboxylic acids is 4. The number of anilines is 8. The van der Waals surface area contributed by atoms with Gasteiger partial charge in [0.2, 0.25) is 23.8 Å². The van der Waals surface area contributed by atoms with Gasteiger partial charge in [-0.3, -0.25) is 33.1 Å². The standard InChI is InChI=1S/C23H24N6O3S.C22H23N5O4S.C20H19N5O4S.C18H17N5O2S.C4H7BrO2.C3H7N.CH2O3.2K.Li.H2O.H/c1-14-21(22-19(33-14)11-24-23(27-22)26-15-10-25-28(2)12-15)17-6-5-16(9-18(17)31-3)32-13-20(30)29-7-4-8-29;1-5-30-19(28)12-31-15-6-7-16(17(8-15)29-4)20-13(2)32-18-10-23-22(26-21(18)20)25-14-9-24-27(3)11-14;1-11-18(14-5-4-13(6-15(14)28-3)29-10-17(26)27)19-16(30-11)8-21-20(24-19)23-12-7-22-25(2)9-12;1-10-16(13-5-4-12(24)6-14(13)25-3)17-15(26-10)8-19-18(22-17)21-11-7-20-23(2)9-11;1-2-7-4(6)3-5;1-2-4-3-1;2-1-4-3;;;;;/h5-6,9-12H,4,7-8,13H2,1-3H3,(H,24,26,27);6-11H,5,12H2,1-4H3,(H,23,25,26);4-9H,10H2,1-3H3,(H,26,27)(H,21,23,24);4-9,24H,1-3H3,(H,19,21,22);2-3H2,1H3;4H,1-3H2;1,3H;;;;1H2;/q;;;;;;;3*+1;;-1/p-2. The number of phenols is 1. The number of aromatic hydroxyl groups is 1. The molecule has 41 nitrogen and oxygen atoms in total. The van der Waals surface area contributed by atoms with Gasteiger partial charge in [-0.15, -0.1) is 45.3 Å². The van der Waals surface area contributed by atoms with E-state index in [0.717, 1.165) is 147 Å². The van der Waals surface area contributed by atoms with E-state index in [0.29, 0.717) is 82.6 Å². The third-order valence-corrected chi connectivity index (χ3v) is 24.4. The number of carbonyl (C=O) groups is 5. The number of aryl methyl sites for hydroxylation is 8. The molecule has 0 spiro atoms. The van der Waals surface area contributed by atoms with E-state index in [1.54, 1.807) is 179 Å². The molecule has 2 fully saturated rings. The second-order valence-corrected chi connectivity index (χ2v) is 35.0. The number of ether oxygens (including phenoxy) is 9. The van der Waals surface area contributed by atoms with Crippen molar-refractivity contribution in [2.75, 3.05) is 114 Å². The van der Waals surface area contributed by atoms with Crippen LogP contribution in [-0.2, 0) is 66.5 Å². The number of carboxylic acid groups (broad SMARTS) is 1. The Morgan fingerprint density at radius 3 is 1.02 bits per heavy atom. The first kappa shape index (κ1) is 114. The number of likely N-dealkylation sites (tertiary alicyclic amines) is 1. The van der Waals surface area contributed by atoms with Crippen LogP contribution in [0.4, 0.5) is 46.5 Å². The van der Waals surface area contributed by atoms with Gasteiger partial charge in [0.25, 0.3) is 12.4 Å². The zero-order valence-corrected chi connectivity index (χ0v) is 91.0. The summed E-state index contributed by atoms with van der Waals surface area (Å²) < 4.78 is 59.0. The van der Waals surface area contributed by atoms with Crippen LogP contribution in [0.25, 0.3) is 85.4 Å². The molecule has 0 unspecified atom stereocenters. The van der Waals surface area contributed by atoms with E-state index in [4.69, 9.17) is 73.0 Å². The minimum Gasteiger partial charge on any atom is -1.00 e. The molecule has 16 aromatic rings. The third-order valence-electron chi connectivity index (χ3n) is 19.8. The number of halogens is 1. The maximum atomic E-state index is 12.1. The van der Waals surface area contributed by atoms with Crippen molar-refractivity contribution in [3.63, 3.8) is 0 Å². The van der Waals surface area contributed by atoms with Crippen LogP contribution in [0.1, 0.15) is 47.6 Å². The van der Waals surface area contributed by atoms with Crippen LogP contribution in [-0.4, -0.2) is 223 Å². The molecule has 4 aromatic carbocycles. The molecule has 49 heteroatoms. The van der Waals surface area contributed by atoms with Gasteiger partial charge >= 0.3 is 140 Å². The first-order chi connectivity index (χ1) is 65.7. The molecule has 2 aliphatic heterocycles. The number of aliphatic carboxylic acids is 1. The number of phenolic OH excluding ortho intramolecular Hbond substituents is 1. The van der Waals surface area contributed by atoms with Crippen molar-refractivity contribution in [3.05, 3.63) is 167 Å². The molecule has 2 saturated heterocycles. The number of alkyl halides is 1. The molecule has 1 amide bonds. The number of nitrogens with one attached hydrogen (secondary N) is 5. The third kappa shape index (κ3) is 31.0. The van der Waals surface area contributed by atoms with Crippen LogP contribution in [0.2, 0.25) is 0 Å².